The first kappa shape index (κ1) is 15.8. The Kier molecular flexibility index (Phi) is 5.90. The maximum Gasteiger partial charge on any atom is 0.101 e. The maximum atomic E-state index is 6.37. The summed E-state index contributed by atoms with van der Waals surface area (Å²) in [6.45, 7) is 5.14. The highest BCUT2D eigenvalue weighted by Crippen LogP contribution is 2.32. The third kappa shape index (κ3) is 4.22. The third-order valence-corrected chi connectivity index (χ3v) is 4.61. The van der Waals surface area contributed by atoms with E-state index in [-0.39, 0.29) is 6.04 Å². The molecule has 0 spiro atoms. The van der Waals surface area contributed by atoms with Crippen LogP contribution < -0.4 is 5.32 Å². The number of hydrogen-bond donors (Lipinski definition) is 1. The highest BCUT2D eigenvalue weighted by Gasteiger charge is 2.09. The molecule has 1 unspecified atom stereocenters. The van der Waals surface area contributed by atoms with Gasteiger partial charge in [0.15, 0.2) is 0 Å². The minimum absolute atomic E-state index is 0.261. The highest BCUT2D eigenvalue weighted by molar-refractivity contribution is 9.10. The Morgan fingerprint density at radius 3 is 2.75 bits per heavy atom. The van der Waals surface area contributed by atoms with E-state index in [1.807, 2.05) is 18.2 Å². The first-order chi connectivity index (χ1) is 9.60. The van der Waals surface area contributed by atoms with Crippen LogP contribution in [0, 0.1) is 0 Å². The Balaban J connectivity index is 2.14. The molecule has 0 aliphatic rings. The normalized spacial score (nSPS) is 12.4. The SMILES string of the molecule is CCNC(C)c1ccc(Sc2ccc(Br)cn2)cc1Cl. The Hall–Kier alpha value is -0.550. The summed E-state index contributed by atoms with van der Waals surface area (Å²) in [7, 11) is 0. The molecule has 0 aliphatic heterocycles. The van der Waals surface area contributed by atoms with Gasteiger partial charge in [0.1, 0.15) is 5.03 Å². The molecule has 2 aromatic rings. The Bertz CT molecular complexity index is 575. The van der Waals surface area contributed by atoms with Crippen molar-refractivity contribution < 1.29 is 0 Å². The average molecular weight is 372 g/mol. The Labute approximate surface area is 137 Å². The van der Waals surface area contributed by atoms with Crippen LogP contribution in [-0.4, -0.2) is 11.5 Å². The lowest BCUT2D eigenvalue weighted by atomic mass is 10.1. The number of aromatic nitrogens is 1. The summed E-state index contributed by atoms with van der Waals surface area (Å²) >= 11 is 11.4. The average Bonchev–Trinajstić information content (AvgIpc) is 2.42. The molecule has 1 N–H and O–H groups in total. The van der Waals surface area contributed by atoms with Crippen molar-refractivity contribution in [2.75, 3.05) is 6.54 Å². The summed E-state index contributed by atoms with van der Waals surface area (Å²) in [4.78, 5) is 5.45. The van der Waals surface area contributed by atoms with Gasteiger partial charge in [-0.05, 0) is 59.2 Å². The lowest BCUT2D eigenvalue weighted by molar-refractivity contribution is 0.598. The number of halogens is 2. The van der Waals surface area contributed by atoms with Crippen LogP contribution in [0.3, 0.4) is 0 Å². The second kappa shape index (κ2) is 7.46. The van der Waals surface area contributed by atoms with E-state index in [4.69, 9.17) is 11.6 Å². The summed E-state index contributed by atoms with van der Waals surface area (Å²) in [6.07, 6.45) is 1.80. The monoisotopic (exact) mass is 370 g/mol. The summed E-state index contributed by atoms with van der Waals surface area (Å²) in [6, 6.07) is 10.4. The fraction of sp³-hybridized carbons (Fsp3) is 0.267. The second-order valence-electron chi connectivity index (χ2n) is 4.38. The van der Waals surface area contributed by atoms with E-state index in [9.17, 15) is 0 Å². The van der Waals surface area contributed by atoms with Gasteiger partial charge >= 0.3 is 0 Å². The molecule has 0 aliphatic carbocycles. The molecular weight excluding hydrogens is 356 g/mol. The smallest absolute Gasteiger partial charge is 0.101 e. The molecule has 0 fully saturated rings. The van der Waals surface area contributed by atoms with Crippen LogP contribution >= 0.6 is 39.3 Å². The van der Waals surface area contributed by atoms with Gasteiger partial charge in [0.25, 0.3) is 0 Å². The molecule has 5 heteroatoms. The van der Waals surface area contributed by atoms with Crippen LogP contribution in [0.25, 0.3) is 0 Å². The largest absolute Gasteiger partial charge is 0.310 e. The summed E-state index contributed by atoms with van der Waals surface area (Å²) in [5.41, 5.74) is 1.13. The molecule has 1 aromatic heterocycles. The minimum Gasteiger partial charge on any atom is -0.310 e. The second-order valence-corrected chi connectivity index (χ2v) is 6.80. The first-order valence-electron chi connectivity index (χ1n) is 6.42. The van der Waals surface area contributed by atoms with Gasteiger partial charge in [-0.15, -0.1) is 0 Å². The molecule has 2 nitrogen and oxygen atoms in total. The third-order valence-electron chi connectivity index (χ3n) is 2.87. The minimum atomic E-state index is 0.261. The maximum absolute atomic E-state index is 6.37. The van der Waals surface area contributed by atoms with Crippen molar-refractivity contribution in [2.45, 2.75) is 29.8 Å². The van der Waals surface area contributed by atoms with E-state index in [2.05, 4.69) is 52.2 Å². The molecule has 106 valence electrons. The molecule has 1 heterocycles. The Morgan fingerprint density at radius 2 is 2.15 bits per heavy atom. The van der Waals surface area contributed by atoms with Crippen molar-refractivity contribution in [2.24, 2.45) is 0 Å². The number of hydrogen-bond acceptors (Lipinski definition) is 3. The van der Waals surface area contributed by atoms with Gasteiger partial charge in [-0.2, -0.15) is 0 Å². The Morgan fingerprint density at radius 1 is 1.35 bits per heavy atom. The van der Waals surface area contributed by atoms with Crippen LogP contribution in [0.2, 0.25) is 5.02 Å². The molecule has 20 heavy (non-hydrogen) atoms. The zero-order valence-corrected chi connectivity index (χ0v) is 14.5. The lowest BCUT2D eigenvalue weighted by Crippen LogP contribution is -2.17. The number of rotatable bonds is 5. The molecule has 2 rings (SSSR count). The topological polar surface area (TPSA) is 24.9 Å². The van der Waals surface area contributed by atoms with Crippen LogP contribution in [0.4, 0.5) is 0 Å². The molecule has 1 atom stereocenters. The van der Waals surface area contributed by atoms with E-state index in [1.165, 1.54) is 0 Å². The van der Waals surface area contributed by atoms with Crippen LogP contribution in [-0.2, 0) is 0 Å². The van der Waals surface area contributed by atoms with Gasteiger partial charge in [-0.1, -0.05) is 36.4 Å². The standard InChI is InChI=1S/C15H16BrClN2S/c1-3-18-10(2)13-6-5-12(8-14(13)17)20-15-7-4-11(16)9-19-15/h4-10,18H,3H2,1-2H3. The predicted octanol–water partition coefficient (Wildman–Crippen LogP) is 5.32. The number of nitrogens with one attached hydrogen (secondary N) is 1. The molecule has 0 radical (unpaired) electrons. The van der Waals surface area contributed by atoms with E-state index >= 15 is 0 Å². The van der Waals surface area contributed by atoms with Crippen molar-refractivity contribution >= 4 is 39.3 Å². The van der Waals surface area contributed by atoms with E-state index < -0.39 is 0 Å². The fourth-order valence-corrected chi connectivity index (χ4v) is 3.32. The van der Waals surface area contributed by atoms with Crippen LogP contribution in [0.1, 0.15) is 25.5 Å². The molecule has 1 aromatic carbocycles. The van der Waals surface area contributed by atoms with Crippen molar-refractivity contribution in [1.29, 1.82) is 0 Å². The fourth-order valence-electron chi connectivity index (χ4n) is 1.88. The van der Waals surface area contributed by atoms with E-state index in [1.54, 1.807) is 18.0 Å². The van der Waals surface area contributed by atoms with Gasteiger partial charge in [0, 0.05) is 26.6 Å². The number of pyridine rings is 1. The molecule has 0 bridgehead atoms. The van der Waals surface area contributed by atoms with Gasteiger partial charge in [0.05, 0.1) is 0 Å². The van der Waals surface area contributed by atoms with Crippen molar-refractivity contribution in [3.8, 4) is 0 Å². The molecular formula is C15H16BrClN2S. The predicted molar refractivity (Wildman–Crippen MR) is 89.6 cm³/mol. The van der Waals surface area contributed by atoms with Gasteiger partial charge < -0.3 is 5.32 Å². The lowest BCUT2D eigenvalue weighted by Gasteiger charge is -2.15. The van der Waals surface area contributed by atoms with Crippen LogP contribution in [0.15, 0.2) is 50.9 Å². The zero-order chi connectivity index (χ0) is 14.5. The highest BCUT2D eigenvalue weighted by atomic mass is 79.9. The number of nitrogens with zero attached hydrogens (tertiary/aromatic N) is 1. The zero-order valence-electron chi connectivity index (χ0n) is 11.4. The van der Waals surface area contributed by atoms with Gasteiger partial charge in [-0.25, -0.2) is 4.98 Å². The molecule has 0 amide bonds. The van der Waals surface area contributed by atoms with Crippen molar-refractivity contribution in [3.05, 3.63) is 51.6 Å². The van der Waals surface area contributed by atoms with Crippen molar-refractivity contribution in [3.63, 3.8) is 0 Å². The van der Waals surface area contributed by atoms with Crippen LogP contribution in [0.5, 0.6) is 0 Å². The molecule has 0 saturated carbocycles. The van der Waals surface area contributed by atoms with E-state index in [0.29, 0.717) is 0 Å². The van der Waals surface area contributed by atoms with E-state index in [0.717, 1.165) is 31.5 Å². The van der Waals surface area contributed by atoms with Gasteiger partial charge in [0.2, 0.25) is 0 Å². The summed E-state index contributed by atoms with van der Waals surface area (Å²) in [5.74, 6) is 0. The summed E-state index contributed by atoms with van der Waals surface area (Å²) < 4.78 is 0.981. The summed E-state index contributed by atoms with van der Waals surface area (Å²) in [5, 5.41) is 5.12. The van der Waals surface area contributed by atoms with Crippen molar-refractivity contribution in [1.82, 2.24) is 10.3 Å². The molecule has 0 saturated heterocycles. The first-order valence-corrected chi connectivity index (χ1v) is 8.41. The van der Waals surface area contributed by atoms with Gasteiger partial charge in [-0.3, -0.25) is 0 Å². The number of benzene rings is 1. The quantitative estimate of drug-likeness (QED) is 0.770.